The van der Waals surface area contributed by atoms with Crippen LogP contribution >= 0.6 is 11.3 Å². The summed E-state index contributed by atoms with van der Waals surface area (Å²) in [5, 5.41) is 5.11. The van der Waals surface area contributed by atoms with Crippen molar-refractivity contribution in [3.8, 4) is 5.75 Å². The van der Waals surface area contributed by atoms with Gasteiger partial charge in [0.05, 0.1) is 26.4 Å². The Morgan fingerprint density at radius 3 is 2.73 bits per heavy atom. The summed E-state index contributed by atoms with van der Waals surface area (Å²) in [5.41, 5.74) is 0.962. The molecule has 1 unspecified atom stereocenters. The number of carbonyl (C=O) groups excluding carboxylic acids is 1. The summed E-state index contributed by atoms with van der Waals surface area (Å²) in [6.45, 7) is 3.85. The number of benzene rings is 1. The lowest BCUT2D eigenvalue weighted by molar-refractivity contribution is -0.116. The summed E-state index contributed by atoms with van der Waals surface area (Å²) in [4.78, 5) is 15.9. The van der Waals surface area contributed by atoms with Crippen molar-refractivity contribution in [3.63, 3.8) is 0 Å². The van der Waals surface area contributed by atoms with Crippen LogP contribution in [0.3, 0.4) is 0 Å². The Hall–Kier alpha value is -2.15. The van der Waals surface area contributed by atoms with Crippen LogP contribution in [0, 0.1) is 0 Å². The predicted octanol–water partition coefficient (Wildman–Crippen LogP) is 2.96. The van der Waals surface area contributed by atoms with Crippen LogP contribution in [0.2, 0.25) is 0 Å². The van der Waals surface area contributed by atoms with Crippen molar-refractivity contribution in [2.75, 3.05) is 40.0 Å². The van der Waals surface area contributed by atoms with Gasteiger partial charge in [0.25, 0.3) is 0 Å². The topological polar surface area (TPSA) is 50.8 Å². The van der Waals surface area contributed by atoms with Gasteiger partial charge in [0.1, 0.15) is 5.75 Å². The lowest BCUT2D eigenvalue weighted by Crippen LogP contribution is -2.43. The Bertz CT molecular complexity index is 707. The first-order valence-electron chi connectivity index (χ1n) is 8.71. The number of amides is 1. The zero-order chi connectivity index (χ0) is 18.2. The van der Waals surface area contributed by atoms with Gasteiger partial charge in [-0.2, -0.15) is 0 Å². The normalized spacial score (nSPS) is 16.5. The number of methoxy groups -OCH3 is 1. The fraction of sp³-hybridized carbons (Fsp3) is 0.350. The number of hydrogen-bond acceptors (Lipinski definition) is 5. The fourth-order valence-corrected chi connectivity index (χ4v) is 3.78. The van der Waals surface area contributed by atoms with Crippen LogP contribution in [0.25, 0.3) is 6.08 Å². The third-order valence-corrected chi connectivity index (χ3v) is 5.34. The zero-order valence-electron chi connectivity index (χ0n) is 14.9. The third kappa shape index (κ3) is 5.17. The van der Waals surface area contributed by atoms with E-state index in [9.17, 15) is 4.79 Å². The van der Waals surface area contributed by atoms with Gasteiger partial charge in [-0.3, -0.25) is 9.69 Å². The van der Waals surface area contributed by atoms with Gasteiger partial charge in [0.2, 0.25) is 5.91 Å². The van der Waals surface area contributed by atoms with E-state index in [-0.39, 0.29) is 11.9 Å². The van der Waals surface area contributed by atoms with Gasteiger partial charge in [0, 0.05) is 30.6 Å². The van der Waals surface area contributed by atoms with Crippen LogP contribution in [0.15, 0.2) is 47.9 Å². The Kier molecular flexibility index (Phi) is 6.82. The number of morpholine rings is 1. The molecule has 2 aromatic rings. The summed E-state index contributed by atoms with van der Waals surface area (Å²) in [7, 11) is 1.64. The molecule has 6 heteroatoms. The van der Waals surface area contributed by atoms with E-state index in [4.69, 9.17) is 9.47 Å². The van der Waals surface area contributed by atoms with E-state index < -0.39 is 0 Å². The number of nitrogens with zero attached hydrogens (tertiary/aromatic N) is 1. The quantitative estimate of drug-likeness (QED) is 0.759. The molecule has 1 aromatic heterocycles. The standard InChI is InChI=1S/C20H24N2O3S/c1-24-17-7-4-16(5-8-17)6-9-20(23)21-15-18(19-3-2-14-26-19)22-10-12-25-13-11-22/h2-9,14,18H,10-13,15H2,1H3,(H,21,23)/b9-6+. The molecule has 3 rings (SSSR count). The Labute approximate surface area is 158 Å². The summed E-state index contributed by atoms with van der Waals surface area (Å²) >= 11 is 1.73. The second-order valence-corrected chi connectivity index (χ2v) is 7.01. The van der Waals surface area contributed by atoms with Crippen molar-refractivity contribution in [2.24, 2.45) is 0 Å². The average Bonchev–Trinajstić information content (AvgIpc) is 3.22. The van der Waals surface area contributed by atoms with E-state index in [1.54, 1.807) is 24.5 Å². The molecular formula is C20H24N2O3S. The van der Waals surface area contributed by atoms with Crippen molar-refractivity contribution >= 4 is 23.3 Å². The van der Waals surface area contributed by atoms with Crippen molar-refractivity contribution in [2.45, 2.75) is 6.04 Å². The molecule has 138 valence electrons. The molecule has 0 saturated carbocycles. The predicted molar refractivity (Wildman–Crippen MR) is 104 cm³/mol. The minimum absolute atomic E-state index is 0.0874. The second-order valence-electron chi connectivity index (χ2n) is 6.03. The smallest absolute Gasteiger partial charge is 0.244 e. The molecule has 0 spiro atoms. The third-order valence-electron chi connectivity index (χ3n) is 4.37. The van der Waals surface area contributed by atoms with Gasteiger partial charge < -0.3 is 14.8 Å². The molecule has 1 aliphatic heterocycles. The number of thiophene rings is 1. The van der Waals surface area contributed by atoms with E-state index >= 15 is 0 Å². The molecule has 0 radical (unpaired) electrons. The molecule has 1 saturated heterocycles. The first kappa shape index (κ1) is 18.6. The van der Waals surface area contributed by atoms with Crippen LogP contribution < -0.4 is 10.1 Å². The molecule has 0 aliphatic carbocycles. The van der Waals surface area contributed by atoms with Gasteiger partial charge in [-0.25, -0.2) is 0 Å². The van der Waals surface area contributed by atoms with E-state index in [2.05, 4.69) is 27.7 Å². The minimum Gasteiger partial charge on any atom is -0.497 e. The lowest BCUT2D eigenvalue weighted by atomic mass is 10.1. The van der Waals surface area contributed by atoms with Gasteiger partial charge >= 0.3 is 0 Å². The summed E-state index contributed by atoms with van der Waals surface area (Å²) in [6.07, 6.45) is 3.39. The highest BCUT2D eigenvalue weighted by molar-refractivity contribution is 7.10. The molecule has 1 amide bonds. The van der Waals surface area contributed by atoms with Crippen LogP contribution in [-0.4, -0.2) is 50.8 Å². The minimum atomic E-state index is -0.0874. The average molecular weight is 372 g/mol. The Balaban J connectivity index is 1.57. The monoisotopic (exact) mass is 372 g/mol. The molecule has 2 heterocycles. The van der Waals surface area contributed by atoms with Crippen LogP contribution in [-0.2, 0) is 9.53 Å². The molecule has 1 atom stereocenters. The van der Waals surface area contributed by atoms with Crippen LogP contribution in [0.4, 0.5) is 0 Å². The highest BCUT2D eigenvalue weighted by Crippen LogP contribution is 2.25. The summed E-state index contributed by atoms with van der Waals surface area (Å²) in [5.74, 6) is 0.714. The maximum Gasteiger partial charge on any atom is 0.244 e. The number of nitrogens with one attached hydrogen (secondary N) is 1. The van der Waals surface area contributed by atoms with E-state index in [0.29, 0.717) is 6.54 Å². The fourth-order valence-electron chi connectivity index (χ4n) is 2.92. The summed E-state index contributed by atoms with van der Waals surface area (Å²) < 4.78 is 10.6. The first-order valence-corrected chi connectivity index (χ1v) is 9.59. The lowest BCUT2D eigenvalue weighted by Gasteiger charge is -2.34. The number of carbonyl (C=O) groups is 1. The van der Waals surface area contributed by atoms with Crippen molar-refractivity contribution in [1.82, 2.24) is 10.2 Å². The molecule has 1 aromatic carbocycles. The maximum absolute atomic E-state index is 12.2. The summed E-state index contributed by atoms with van der Waals surface area (Å²) in [6, 6.07) is 12.0. The highest BCUT2D eigenvalue weighted by atomic mass is 32.1. The molecular weight excluding hydrogens is 348 g/mol. The SMILES string of the molecule is COc1ccc(/C=C/C(=O)NCC(c2cccs2)N2CCOCC2)cc1. The van der Waals surface area contributed by atoms with E-state index in [0.717, 1.165) is 37.6 Å². The Morgan fingerprint density at radius 1 is 1.31 bits per heavy atom. The van der Waals surface area contributed by atoms with Crippen molar-refractivity contribution in [3.05, 3.63) is 58.3 Å². The van der Waals surface area contributed by atoms with Crippen molar-refractivity contribution in [1.29, 1.82) is 0 Å². The molecule has 0 bridgehead atoms. The molecule has 5 nitrogen and oxygen atoms in total. The second kappa shape index (κ2) is 9.52. The van der Waals surface area contributed by atoms with Gasteiger partial charge in [-0.15, -0.1) is 11.3 Å². The van der Waals surface area contributed by atoms with Crippen LogP contribution in [0.1, 0.15) is 16.5 Å². The number of hydrogen-bond donors (Lipinski definition) is 1. The molecule has 1 N–H and O–H groups in total. The van der Waals surface area contributed by atoms with E-state index in [1.165, 1.54) is 4.88 Å². The number of ether oxygens (including phenoxy) is 2. The first-order chi connectivity index (χ1) is 12.8. The molecule has 1 aliphatic rings. The van der Waals surface area contributed by atoms with Crippen molar-refractivity contribution < 1.29 is 14.3 Å². The largest absolute Gasteiger partial charge is 0.497 e. The highest BCUT2D eigenvalue weighted by Gasteiger charge is 2.23. The van der Waals surface area contributed by atoms with Crippen LogP contribution in [0.5, 0.6) is 5.75 Å². The molecule has 26 heavy (non-hydrogen) atoms. The van der Waals surface area contributed by atoms with E-state index in [1.807, 2.05) is 30.3 Å². The van der Waals surface area contributed by atoms with Gasteiger partial charge in [-0.05, 0) is 35.2 Å². The number of rotatable bonds is 7. The molecule has 1 fully saturated rings. The van der Waals surface area contributed by atoms with Gasteiger partial charge in [-0.1, -0.05) is 18.2 Å². The maximum atomic E-state index is 12.2. The Morgan fingerprint density at radius 2 is 2.08 bits per heavy atom. The zero-order valence-corrected chi connectivity index (χ0v) is 15.7. The van der Waals surface area contributed by atoms with Gasteiger partial charge in [0.15, 0.2) is 0 Å².